The van der Waals surface area contributed by atoms with E-state index in [-0.39, 0.29) is 12.1 Å². The minimum Gasteiger partial charge on any atom is -0.462 e. The molecule has 1 aliphatic rings. The zero-order chi connectivity index (χ0) is 16.4. The molecule has 1 N–H and O–H groups in total. The van der Waals surface area contributed by atoms with Gasteiger partial charge in [-0.05, 0) is 33.1 Å². The van der Waals surface area contributed by atoms with Crippen LogP contribution in [-0.2, 0) is 14.3 Å². The summed E-state index contributed by atoms with van der Waals surface area (Å²) in [5, 5.41) is 8.98. The lowest BCUT2D eigenvalue weighted by molar-refractivity contribution is -0.147. The molecule has 0 aromatic rings. The summed E-state index contributed by atoms with van der Waals surface area (Å²) in [5.74, 6) is 0.0619. The van der Waals surface area contributed by atoms with E-state index < -0.39 is 6.10 Å². The van der Waals surface area contributed by atoms with Gasteiger partial charge in [0.15, 0.2) is 0 Å². The van der Waals surface area contributed by atoms with Gasteiger partial charge in [-0.1, -0.05) is 13.8 Å². The fourth-order valence-electron chi connectivity index (χ4n) is 2.27. The van der Waals surface area contributed by atoms with Crippen molar-refractivity contribution in [1.82, 2.24) is 4.90 Å². The molecule has 0 bridgehead atoms. The molecule has 1 saturated heterocycles. The van der Waals surface area contributed by atoms with Crippen molar-refractivity contribution < 1.29 is 19.4 Å². The molecule has 0 saturated carbocycles. The summed E-state index contributed by atoms with van der Waals surface area (Å²) in [6.07, 6.45) is 3.64. The van der Waals surface area contributed by atoms with Crippen LogP contribution in [-0.4, -0.2) is 46.7 Å². The Labute approximate surface area is 128 Å². The number of nitrogens with zero attached hydrogens (tertiary/aromatic N) is 1. The maximum Gasteiger partial charge on any atom is 0.302 e. The van der Waals surface area contributed by atoms with Gasteiger partial charge < -0.3 is 14.7 Å². The first-order valence-corrected chi connectivity index (χ1v) is 7.96. The highest BCUT2D eigenvalue weighted by Crippen LogP contribution is 2.14. The summed E-state index contributed by atoms with van der Waals surface area (Å²) in [6, 6.07) is 0.454. The number of likely N-dealkylation sites (tertiary alicyclic amines) is 1. The third-order valence-corrected chi connectivity index (χ3v) is 3.62. The molecule has 21 heavy (non-hydrogen) atoms. The normalized spacial score (nSPS) is 18.6. The number of carbonyl (C=O) groups is 2. The van der Waals surface area contributed by atoms with Gasteiger partial charge in [-0.25, -0.2) is 0 Å². The van der Waals surface area contributed by atoms with Crippen LogP contribution in [0.25, 0.3) is 0 Å². The van der Waals surface area contributed by atoms with Crippen molar-refractivity contribution in [3.05, 3.63) is 0 Å². The topological polar surface area (TPSA) is 66.8 Å². The highest BCUT2D eigenvalue weighted by atomic mass is 16.5. The first-order chi connectivity index (χ1) is 9.81. The molecule has 1 aliphatic heterocycles. The number of hydrogen-bond donors (Lipinski definition) is 1. The Bertz CT molecular complexity index is 317. The summed E-state index contributed by atoms with van der Waals surface area (Å²) >= 11 is 0. The van der Waals surface area contributed by atoms with Crippen LogP contribution in [0.3, 0.4) is 0 Å². The summed E-state index contributed by atoms with van der Waals surface area (Å²) in [7, 11) is 0. The Kier molecular flexibility index (Phi) is 10.0. The fraction of sp³-hybridized carbons (Fsp3) is 0.875. The lowest BCUT2D eigenvalue weighted by Crippen LogP contribution is -2.33. The molecule has 1 rings (SSSR count). The molecular formula is C16H31NO4. The van der Waals surface area contributed by atoms with Crippen LogP contribution in [0.15, 0.2) is 0 Å². The second-order valence-corrected chi connectivity index (χ2v) is 5.67. The smallest absolute Gasteiger partial charge is 0.302 e. The standard InChI is InChI=1S/C8H15NO.C8H16O3/c1-3-7(2)9-6-4-5-8(9)10;1-4-8(5-6(2)9)11-7(3)10/h7H,3-6H2,1-2H3;6,8-9H,4-5H2,1-3H3. The summed E-state index contributed by atoms with van der Waals surface area (Å²) < 4.78 is 4.91. The molecule has 0 aromatic carbocycles. The summed E-state index contributed by atoms with van der Waals surface area (Å²) in [4.78, 5) is 23.6. The number of hydrogen-bond acceptors (Lipinski definition) is 4. The second-order valence-electron chi connectivity index (χ2n) is 5.67. The highest BCUT2D eigenvalue weighted by molar-refractivity contribution is 5.78. The molecule has 0 aromatic heterocycles. The summed E-state index contributed by atoms with van der Waals surface area (Å²) in [5.41, 5.74) is 0. The lowest BCUT2D eigenvalue weighted by Gasteiger charge is -2.22. The van der Waals surface area contributed by atoms with E-state index in [0.29, 0.717) is 18.4 Å². The van der Waals surface area contributed by atoms with Crippen molar-refractivity contribution in [2.45, 2.75) is 85.0 Å². The molecule has 0 radical (unpaired) electrons. The fourth-order valence-corrected chi connectivity index (χ4v) is 2.27. The van der Waals surface area contributed by atoms with Crippen LogP contribution < -0.4 is 0 Å². The van der Waals surface area contributed by atoms with Gasteiger partial charge in [-0.15, -0.1) is 0 Å². The molecule has 124 valence electrons. The van der Waals surface area contributed by atoms with Crippen LogP contribution in [0.4, 0.5) is 0 Å². The average Bonchev–Trinajstić information content (AvgIpc) is 2.83. The van der Waals surface area contributed by atoms with Gasteiger partial charge in [0, 0.05) is 32.4 Å². The first-order valence-electron chi connectivity index (χ1n) is 7.96. The maximum absolute atomic E-state index is 11.1. The van der Waals surface area contributed by atoms with E-state index in [4.69, 9.17) is 9.84 Å². The zero-order valence-electron chi connectivity index (χ0n) is 14.1. The van der Waals surface area contributed by atoms with E-state index >= 15 is 0 Å². The molecular weight excluding hydrogens is 270 g/mol. The molecule has 0 aliphatic carbocycles. The van der Waals surface area contributed by atoms with Gasteiger partial charge in [0.25, 0.3) is 0 Å². The van der Waals surface area contributed by atoms with E-state index in [0.717, 1.165) is 32.2 Å². The number of aliphatic hydroxyl groups is 1. The largest absolute Gasteiger partial charge is 0.462 e. The number of carbonyl (C=O) groups excluding carboxylic acids is 2. The molecule has 1 fully saturated rings. The van der Waals surface area contributed by atoms with Crippen molar-refractivity contribution in [2.24, 2.45) is 0 Å². The van der Waals surface area contributed by atoms with Gasteiger partial charge in [0.2, 0.25) is 5.91 Å². The molecule has 5 heteroatoms. The average molecular weight is 301 g/mol. The Morgan fingerprint density at radius 2 is 1.95 bits per heavy atom. The predicted molar refractivity (Wildman–Crippen MR) is 82.8 cm³/mol. The minimum atomic E-state index is -0.403. The molecule has 0 spiro atoms. The molecule has 5 nitrogen and oxygen atoms in total. The Morgan fingerprint density at radius 3 is 2.29 bits per heavy atom. The quantitative estimate of drug-likeness (QED) is 0.765. The van der Waals surface area contributed by atoms with Gasteiger partial charge in [0.05, 0.1) is 6.10 Å². The van der Waals surface area contributed by atoms with Gasteiger partial charge >= 0.3 is 5.97 Å². The number of ether oxygens (including phenoxy) is 1. The Hall–Kier alpha value is -1.10. The number of aliphatic hydroxyl groups excluding tert-OH is 1. The van der Waals surface area contributed by atoms with E-state index in [1.807, 2.05) is 11.8 Å². The second kappa shape index (κ2) is 10.6. The summed E-state index contributed by atoms with van der Waals surface area (Å²) in [6.45, 7) is 10.2. The number of esters is 1. The molecule has 1 heterocycles. The van der Waals surface area contributed by atoms with Gasteiger partial charge in [-0.2, -0.15) is 0 Å². The minimum absolute atomic E-state index is 0.132. The van der Waals surface area contributed by atoms with Crippen LogP contribution >= 0.6 is 0 Å². The van der Waals surface area contributed by atoms with Gasteiger partial charge in [0.1, 0.15) is 6.10 Å². The molecule has 3 atom stereocenters. The van der Waals surface area contributed by atoms with Crippen LogP contribution in [0.5, 0.6) is 0 Å². The molecule has 3 unspecified atom stereocenters. The van der Waals surface area contributed by atoms with Crippen molar-refractivity contribution in [3.8, 4) is 0 Å². The predicted octanol–water partition coefficient (Wildman–Crippen LogP) is 2.51. The maximum atomic E-state index is 11.1. The zero-order valence-corrected chi connectivity index (χ0v) is 14.1. The Morgan fingerprint density at radius 1 is 1.33 bits per heavy atom. The molecule has 1 amide bonds. The van der Waals surface area contributed by atoms with Crippen LogP contribution in [0, 0.1) is 0 Å². The third kappa shape index (κ3) is 8.71. The van der Waals surface area contributed by atoms with Crippen molar-refractivity contribution in [3.63, 3.8) is 0 Å². The number of rotatable bonds is 6. The van der Waals surface area contributed by atoms with Gasteiger partial charge in [-0.3, -0.25) is 9.59 Å². The first kappa shape index (κ1) is 19.9. The van der Waals surface area contributed by atoms with Crippen molar-refractivity contribution >= 4 is 11.9 Å². The van der Waals surface area contributed by atoms with E-state index in [2.05, 4.69) is 13.8 Å². The number of amides is 1. The third-order valence-electron chi connectivity index (χ3n) is 3.62. The highest BCUT2D eigenvalue weighted by Gasteiger charge is 2.23. The lowest BCUT2D eigenvalue weighted by atomic mass is 10.1. The Balaban J connectivity index is 0.000000382. The van der Waals surface area contributed by atoms with E-state index in [1.165, 1.54) is 6.92 Å². The SMILES string of the molecule is CCC(C)N1CCCC1=O.CCC(CC(C)O)OC(C)=O. The van der Waals surface area contributed by atoms with Crippen LogP contribution in [0.1, 0.15) is 66.7 Å². The van der Waals surface area contributed by atoms with E-state index in [9.17, 15) is 9.59 Å². The van der Waals surface area contributed by atoms with Crippen molar-refractivity contribution in [1.29, 1.82) is 0 Å². The van der Waals surface area contributed by atoms with Crippen LogP contribution in [0.2, 0.25) is 0 Å². The monoisotopic (exact) mass is 301 g/mol. The van der Waals surface area contributed by atoms with Crippen molar-refractivity contribution in [2.75, 3.05) is 6.54 Å². The van der Waals surface area contributed by atoms with E-state index in [1.54, 1.807) is 6.92 Å².